The van der Waals surface area contributed by atoms with Gasteiger partial charge in [-0.25, -0.2) is 4.98 Å². The Hall–Kier alpha value is -1.56. The van der Waals surface area contributed by atoms with Crippen LogP contribution in [0.3, 0.4) is 0 Å². The monoisotopic (exact) mass is 208 g/mol. The highest BCUT2D eigenvalue weighted by atomic mass is 32.1. The second-order valence-electron chi connectivity index (χ2n) is 2.84. The third-order valence-corrected chi connectivity index (χ3v) is 2.39. The molecule has 72 valence electrons. The van der Waals surface area contributed by atoms with Crippen LogP contribution in [0, 0.1) is 0 Å². The summed E-state index contributed by atoms with van der Waals surface area (Å²) in [5.41, 5.74) is 0.415. The van der Waals surface area contributed by atoms with E-state index in [1.807, 2.05) is 17.8 Å². The summed E-state index contributed by atoms with van der Waals surface area (Å²) in [4.78, 5) is 15.6. The highest BCUT2D eigenvalue weighted by Gasteiger charge is 2.12. The lowest BCUT2D eigenvalue weighted by Gasteiger charge is -1.97. The summed E-state index contributed by atoms with van der Waals surface area (Å²) in [5, 5.41) is 5.35. The lowest BCUT2D eigenvalue weighted by Crippen LogP contribution is -2.08. The van der Waals surface area contributed by atoms with Crippen molar-refractivity contribution in [2.75, 3.05) is 0 Å². The van der Waals surface area contributed by atoms with Gasteiger partial charge in [0.2, 0.25) is 0 Å². The van der Waals surface area contributed by atoms with E-state index in [1.54, 1.807) is 11.6 Å². The molecule has 14 heavy (non-hydrogen) atoms. The van der Waals surface area contributed by atoms with Gasteiger partial charge < -0.3 is 4.57 Å². The van der Waals surface area contributed by atoms with Crippen LogP contribution >= 0.6 is 11.5 Å². The molecule has 2 aromatic rings. The summed E-state index contributed by atoms with van der Waals surface area (Å²) in [6.07, 6.45) is 3.75. The van der Waals surface area contributed by atoms with Crippen LogP contribution in [-0.2, 0) is 13.5 Å². The van der Waals surface area contributed by atoms with Gasteiger partial charge in [-0.05, 0) is 11.5 Å². The number of hydrogen-bond donors (Lipinski definition) is 0. The molecule has 0 amide bonds. The number of nitrogens with zero attached hydrogens (tertiary/aromatic N) is 4. The average Bonchev–Trinajstić information content (AvgIpc) is 2.77. The van der Waals surface area contributed by atoms with Gasteiger partial charge in [-0.15, -0.1) is 5.10 Å². The van der Waals surface area contributed by atoms with Gasteiger partial charge in [-0.2, -0.15) is 0 Å². The van der Waals surface area contributed by atoms with E-state index < -0.39 is 0 Å². The number of rotatable bonds is 3. The van der Waals surface area contributed by atoms with Crippen LogP contribution in [0.25, 0.3) is 0 Å². The zero-order valence-corrected chi connectivity index (χ0v) is 8.36. The second-order valence-corrected chi connectivity index (χ2v) is 3.45. The molecule has 0 saturated carbocycles. The molecular formula is C8H8N4OS. The van der Waals surface area contributed by atoms with Crippen LogP contribution in [0.4, 0.5) is 0 Å². The van der Waals surface area contributed by atoms with Gasteiger partial charge >= 0.3 is 0 Å². The van der Waals surface area contributed by atoms with E-state index in [9.17, 15) is 4.79 Å². The molecule has 0 fully saturated rings. The summed E-state index contributed by atoms with van der Waals surface area (Å²) < 4.78 is 5.46. The number of ketones is 1. The number of carbonyl (C=O) groups excluding carboxylic acids is 1. The molecule has 0 bridgehead atoms. The third-order valence-electron chi connectivity index (χ3n) is 1.89. The molecule has 0 aliphatic rings. The molecule has 0 radical (unpaired) electrons. The summed E-state index contributed by atoms with van der Waals surface area (Å²) >= 11 is 1.18. The fourth-order valence-corrected chi connectivity index (χ4v) is 1.55. The molecule has 2 heterocycles. The Morgan fingerprint density at radius 2 is 2.50 bits per heavy atom. The molecule has 5 nitrogen and oxygen atoms in total. The molecule has 0 atom stereocenters. The standard InChI is InChI=1S/C8H8N4OS/c1-12-3-2-9-8(12)4-7(13)6-5-14-11-10-6/h2-3,5H,4H2,1H3. The topological polar surface area (TPSA) is 60.7 Å². The first kappa shape index (κ1) is 9.01. The van der Waals surface area contributed by atoms with E-state index in [0.29, 0.717) is 5.69 Å². The summed E-state index contributed by atoms with van der Waals surface area (Å²) in [5.74, 6) is 0.691. The number of imidazole rings is 1. The normalized spacial score (nSPS) is 10.4. The highest BCUT2D eigenvalue weighted by Crippen LogP contribution is 2.04. The minimum Gasteiger partial charge on any atom is -0.338 e. The van der Waals surface area contributed by atoms with Crippen molar-refractivity contribution in [1.82, 2.24) is 19.1 Å². The first-order valence-electron chi connectivity index (χ1n) is 4.04. The molecule has 0 spiro atoms. The number of aromatic nitrogens is 4. The van der Waals surface area contributed by atoms with Gasteiger partial charge in [0, 0.05) is 24.8 Å². The number of hydrogen-bond acceptors (Lipinski definition) is 5. The van der Waals surface area contributed by atoms with E-state index in [-0.39, 0.29) is 12.2 Å². The summed E-state index contributed by atoms with van der Waals surface area (Å²) in [6.45, 7) is 0. The van der Waals surface area contributed by atoms with Crippen molar-refractivity contribution >= 4 is 17.3 Å². The first-order chi connectivity index (χ1) is 6.77. The first-order valence-corrected chi connectivity index (χ1v) is 4.87. The molecule has 0 N–H and O–H groups in total. The van der Waals surface area contributed by atoms with Crippen molar-refractivity contribution in [3.63, 3.8) is 0 Å². The van der Waals surface area contributed by atoms with Crippen molar-refractivity contribution in [3.8, 4) is 0 Å². The molecule has 6 heteroatoms. The number of aryl methyl sites for hydroxylation is 1. The molecule has 0 unspecified atom stereocenters. The minimum atomic E-state index is -0.0481. The van der Waals surface area contributed by atoms with Crippen LogP contribution < -0.4 is 0 Å². The zero-order chi connectivity index (χ0) is 9.97. The van der Waals surface area contributed by atoms with Gasteiger partial charge in [0.05, 0.1) is 6.42 Å². The van der Waals surface area contributed by atoms with Crippen molar-refractivity contribution in [1.29, 1.82) is 0 Å². The van der Waals surface area contributed by atoms with E-state index in [1.165, 1.54) is 11.5 Å². The lowest BCUT2D eigenvalue weighted by molar-refractivity contribution is 0.0985. The van der Waals surface area contributed by atoms with E-state index in [2.05, 4.69) is 14.6 Å². The van der Waals surface area contributed by atoms with Gasteiger partial charge in [0.25, 0.3) is 0 Å². The van der Waals surface area contributed by atoms with Gasteiger partial charge in [0.15, 0.2) is 5.78 Å². The van der Waals surface area contributed by atoms with Crippen molar-refractivity contribution in [2.24, 2.45) is 7.05 Å². The Morgan fingerprint density at radius 3 is 3.07 bits per heavy atom. The fraction of sp³-hybridized carbons (Fsp3) is 0.250. The SMILES string of the molecule is Cn1ccnc1CC(=O)c1csnn1. The van der Waals surface area contributed by atoms with Crippen LogP contribution in [0.2, 0.25) is 0 Å². The molecule has 0 aliphatic carbocycles. The van der Waals surface area contributed by atoms with Gasteiger partial charge in [0.1, 0.15) is 11.5 Å². The van der Waals surface area contributed by atoms with Crippen molar-refractivity contribution < 1.29 is 4.79 Å². The Labute approximate surface area is 84.6 Å². The maximum Gasteiger partial charge on any atom is 0.191 e. The highest BCUT2D eigenvalue weighted by molar-refractivity contribution is 7.03. The summed E-state index contributed by atoms with van der Waals surface area (Å²) in [6, 6.07) is 0. The second kappa shape index (κ2) is 3.67. The quantitative estimate of drug-likeness (QED) is 0.696. The van der Waals surface area contributed by atoms with E-state index in [0.717, 1.165) is 5.82 Å². The summed E-state index contributed by atoms with van der Waals surface area (Å²) in [7, 11) is 1.86. The van der Waals surface area contributed by atoms with Crippen molar-refractivity contribution in [3.05, 3.63) is 29.3 Å². The Kier molecular flexibility index (Phi) is 2.36. The maximum absolute atomic E-state index is 11.6. The largest absolute Gasteiger partial charge is 0.338 e. The van der Waals surface area contributed by atoms with E-state index >= 15 is 0 Å². The van der Waals surface area contributed by atoms with Crippen LogP contribution in [-0.4, -0.2) is 24.9 Å². The van der Waals surface area contributed by atoms with Crippen molar-refractivity contribution in [2.45, 2.75) is 6.42 Å². The number of Topliss-reactive ketones (excluding diaryl/α,β-unsaturated/α-hetero) is 1. The Balaban J connectivity index is 2.13. The van der Waals surface area contributed by atoms with Crippen LogP contribution in [0.5, 0.6) is 0 Å². The predicted molar refractivity (Wildman–Crippen MR) is 51.2 cm³/mol. The molecule has 0 aromatic carbocycles. The van der Waals surface area contributed by atoms with Gasteiger partial charge in [-0.3, -0.25) is 4.79 Å². The lowest BCUT2D eigenvalue weighted by atomic mass is 10.2. The predicted octanol–water partition coefficient (Wildman–Crippen LogP) is 0.697. The minimum absolute atomic E-state index is 0.0481. The zero-order valence-electron chi connectivity index (χ0n) is 7.54. The fourth-order valence-electron chi connectivity index (χ4n) is 1.09. The van der Waals surface area contributed by atoms with Gasteiger partial charge in [-0.1, -0.05) is 4.49 Å². The van der Waals surface area contributed by atoms with Crippen LogP contribution in [0.1, 0.15) is 16.3 Å². The molecular weight excluding hydrogens is 200 g/mol. The third kappa shape index (κ3) is 1.69. The molecule has 2 aromatic heterocycles. The number of carbonyl (C=O) groups is 1. The Morgan fingerprint density at radius 1 is 1.64 bits per heavy atom. The molecule has 0 saturated heterocycles. The molecule has 0 aliphatic heterocycles. The van der Waals surface area contributed by atoms with E-state index in [4.69, 9.17) is 0 Å². The van der Waals surface area contributed by atoms with Crippen LogP contribution in [0.15, 0.2) is 17.8 Å². The smallest absolute Gasteiger partial charge is 0.191 e. The Bertz CT molecular complexity index is 434. The maximum atomic E-state index is 11.6. The molecule has 2 rings (SSSR count). The average molecular weight is 208 g/mol.